The van der Waals surface area contributed by atoms with Gasteiger partial charge in [-0.05, 0) is 12.8 Å². The van der Waals surface area contributed by atoms with Gasteiger partial charge in [-0.1, -0.05) is 83.3 Å². The Morgan fingerprint density at radius 1 is 0.464 bits per heavy atom. The van der Waals surface area contributed by atoms with Crippen LogP contribution in [0.2, 0.25) is 0 Å². The Kier molecular flexibility index (Phi) is 30.8. The Hall–Kier alpha value is -2.85. The van der Waals surface area contributed by atoms with Gasteiger partial charge in [0.25, 0.3) is 0 Å². The molecule has 0 unspecified atom stereocenters. The molecular formula is C53H93N3O28. The molecule has 31 nitrogen and oxygen atoms in total. The highest BCUT2D eigenvalue weighted by atomic mass is 16.8. The van der Waals surface area contributed by atoms with Gasteiger partial charge in [-0.25, -0.2) is 0 Å². The van der Waals surface area contributed by atoms with Crippen molar-refractivity contribution < 1.29 is 138 Å². The average Bonchev–Trinajstić information content (AvgIpc) is 1.35. The average molecular weight is 1220 g/mol. The van der Waals surface area contributed by atoms with Gasteiger partial charge in [0.15, 0.2) is 31.5 Å². The van der Waals surface area contributed by atoms with Crippen LogP contribution in [0.1, 0.15) is 97.8 Å². The van der Waals surface area contributed by atoms with Gasteiger partial charge in [-0.15, -0.1) is 0 Å². The second-order valence-electron chi connectivity index (χ2n) is 21.9. The summed E-state index contributed by atoms with van der Waals surface area (Å²) in [5.41, 5.74) is 0. The molecule has 5 aliphatic heterocycles. The molecule has 0 aromatic rings. The van der Waals surface area contributed by atoms with Crippen LogP contribution in [-0.2, 0) is 61.8 Å². The number of hydrogen-bond donors (Lipinski definition) is 18. The number of ether oxygens (including phenoxy) is 10. The van der Waals surface area contributed by atoms with E-state index in [1.165, 1.54) is 51.0 Å². The zero-order valence-electron chi connectivity index (χ0n) is 47.6. The van der Waals surface area contributed by atoms with E-state index in [0.717, 1.165) is 39.5 Å². The third kappa shape index (κ3) is 19.3. The molecule has 27 atom stereocenters. The Bertz CT molecular complexity index is 1940. The van der Waals surface area contributed by atoms with Crippen molar-refractivity contribution in [2.75, 3.05) is 39.6 Å². The van der Waals surface area contributed by atoms with Crippen molar-refractivity contribution in [2.24, 2.45) is 0 Å². The Morgan fingerprint density at radius 2 is 0.869 bits per heavy atom. The maximum Gasteiger partial charge on any atom is 0.217 e. The van der Waals surface area contributed by atoms with E-state index in [4.69, 9.17) is 47.4 Å². The molecule has 84 heavy (non-hydrogen) atoms. The van der Waals surface area contributed by atoms with Gasteiger partial charge in [-0.2, -0.15) is 0 Å². The molecule has 0 aliphatic carbocycles. The molecule has 5 rings (SSSR count). The van der Waals surface area contributed by atoms with Gasteiger partial charge in [-0.3, -0.25) is 14.4 Å². The summed E-state index contributed by atoms with van der Waals surface area (Å²) in [6.07, 6.45) is -26.7. The molecule has 0 spiro atoms. The summed E-state index contributed by atoms with van der Waals surface area (Å²) in [4.78, 5) is 36.4. The molecule has 5 aliphatic rings. The minimum Gasteiger partial charge on any atom is -0.394 e. The largest absolute Gasteiger partial charge is 0.394 e. The Morgan fingerprint density at radius 3 is 1.38 bits per heavy atom. The fourth-order valence-electron chi connectivity index (χ4n) is 10.8. The van der Waals surface area contributed by atoms with Crippen LogP contribution >= 0.6 is 0 Å². The molecule has 0 radical (unpaired) electrons. The lowest BCUT2D eigenvalue weighted by molar-refractivity contribution is -0.388. The summed E-state index contributed by atoms with van der Waals surface area (Å²) >= 11 is 0. The SMILES string of the molecule is CCCCCCCCCCCCC/C=C/[C@@H](O)[C@H](CO[C@@H]1O[C@H](CO)[C@@H](O[C@@H]2O[C@H](CO)[C@H](O[C@@H]3O[C@H](CO)[C@H](O)[C@H](O[C@@H]4O[C@H](CO)[C@H](O)[C@H](O[C@@H]5O[C@H](CO)[C@H](O)[C@H](O)[C@H]5NC(C)=O)[C@H]4NC(C)=O)[C@H]3O)[C@H](O)[C@H]2O)[C@H](O)[C@H]1O)NC=O. The van der Waals surface area contributed by atoms with Crippen molar-refractivity contribution >= 4 is 18.2 Å². The maximum absolute atomic E-state index is 12.7. The molecule has 0 aromatic carbocycles. The standard InChI is InChI=1S/C53H93N3O28/c1-4-5-6-7-8-9-10-11-12-13-14-15-16-17-28(65)27(54-24-62)23-75-51-42(72)40(70)45(32(21-60)79-51)81-52-43(73)41(71)46(33(22-61)80-52)82-53-44(74)48(38(68)31(20-59)78-53)84-50-35(56-26(3)64)47(37(67)30(19-58)77-50)83-49-34(55-25(2)63)39(69)36(66)29(18-57)76-49/h16-17,24,27-53,57-61,65-74H,4-15,18-23H2,1-3H3,(H,54,62)(H,55,63)(H,56,64)/b17-16+/t27-,28+,29+,30+,31+,32+,33+,34+,35+,36-,37-,38-,39+,40+,41+,42+,43+,44+,45+,46-,47+,48-,49-,50-,51+,52-,53-/m0/s1. The molecule has 5 heterocycles. The lowest BCUT2D eigenvalue weighted by Gasteiger charge is -2.50. The number of unbranched alkanes of at least 4 members (excludes halogenated alkanes) is 11. The predicted octanol–water partition coefficient (Wildman–Crippen LogP) is -6.88. The van der Waals surface area contributed by atoms with Crippen LogP contribution < -0.4 is 16.0 Å². The predicted molar refractivity (Wildman–Crippen MR) is 283 cm³/mol. The number of rotatable bonds is 34. The number of hydrogen-bond acceptors (Lipinski definition) is 28. The van der Waals surface area contributed by atoms with Crippen molar-refractivity contribution in [3.63, 3.8) is 0 Å². The minimum atomic E-state index is -2.20. The fraction of sp³-hybridized carbons (Fsp3) is 0.906. The summed E-state index contributed by atoms with van der Waals surface area (Å²) in [7, 11) is 0. The van der Waals surface area contributed by atoms with E-state index in [1.807, 2.05) is 0 Å². The maximum atomic E-state index is 12.7. The van der Waals surface area contributed by atoms with E-state index in [2.05, 4.69) is 22.9 Å². The minimum absolute atomic E-state index is 0.347. The molecule has 31 heteroatoms. The zero-order valence-corrected chi connectivity index (χ0v) is 47.6. The summed E-state index contributed by atoms with van der Waals surface area (Å²) in [6, 6.07) is -4.31. The van der Waals surface area contributed by atoms with Crippen LogP contribution in [0.15, 0.2) is 12.2 Å². The van der Waals surface area contributed by atoms with Gasteiger partial charge >= 0.3 is 0 Å². The van der Waals surface area contributed by atoms with Gasteiger partial charge in [0.05, 0.1) is 51.8 Å². The fourth-order valence-corrected chi connectivity index (χ4v) is 10.8. The lowest BCUT2D eigenvalue weighted by atomic mass is 9.93. The number of carbonyl (C=O) groups is 3. The first-order chi connectivity index (χ1) is 40.2. The van der Waals surface area contributed by atoms with E-state index in [9.17, 15) is 91.0 Å². The van der Waals surface area contributed by atoms with E-state index >= 15 is 0 Å². The van der Waals surface area contributed by atoms with Gasteiger partial charge in [0, 0.05) is 13.8 Å². The Labute approximate surface area is 486 Å². The third-order valence-electron chi connectivity index (χ3n) is 15.5. The first kappa shape index (κ1) is 71.9. The Balaban J connectivity index is 1.22. The highest BCUT2D eigenvalue weighted by Gasteiger charge is 2.57. The van der Waals surface area contributed by atoms with Crippen molar-refractivity contribution in [3.8, 4) is 0 Å². The first-order valence-corrected chi connectivity index (χ1v) is 29.0. The molecular weight excluding hydrogens is 1130 g/mol. The van der Waals surface area contributed by atoms with E-state index in [-0.39, 0.29) is 0 Å². The van der Waals surface area contributed by atoms with Gasteiger partial charge < -0.3 is 140 Å². The van der Waals surface area contributed by atoms with Crippen molar-refractivity contribution in [1.82, 2.24) is 16.0 Å². The topological polar surface area (TPSA) is 483 Å². The van der Waals surface area contributed by atoms with Crippen molar-refractivity contribution in [3.05, 3.63) is 12.2 Å². The van der Waals surface area contributed by atoms with Crippen LogP contribution in [0.5, 0.6) is 0 Å². The van der Waals surface area contributed by atoms with E-state index in [0.29, 0.717) is 12.8 Å². The smallest absolute Gasteiger partial charge is 0.217 e. The summed E-state index contributed by atoms with van der Waals surface area (Å²) in [5.74, 6) is -1.55. The van der Waals surface area contributed by atoms with Crippen LogP contribution in [0.3, 0.4) is 0 Å². The number of nitrogens with one attached hydrogen (secondary N) is 3. The van der Waals surface area contributed by atoms with Crippen molar-refractivity contribution in [1.29, 1.82) is 0 Å². The number of amides is 3. The first-order valence-electron chi connectivity index (χ1n) is 29.0. The molecule has 488 valence electrons. The van der Waals surface area contributed by atoms with Crippen LogP contribution in [0, 0.1) is 0 Å². The summed E-state index contributed by atoms with van der Waals surface area (Å²) < 4.78 is 58.0. The molecule has 3 amide bonds. The van der Waals surface area contributed by atoms with Crippen LogP contribution in [0.4, 0.5) is 0 Å². The molecule has 0 aromatic heterocycles. The quantitative estimate of drug-likeness (QED) is 0.0162. The summed E-state index contributed by atoms with van der Waals surface area (Å²) in [6.45, 7) is -0.895. The number of aliphatic hydroxyl groups excluding tert-OH is 15. The zero-order chi connectivity index (χ0) is 61.8. The molecule has 0 bridgehead atoms. The van der Waals surface area contributed by atoms with Crippen LogP contribution in [0.25, 0.3) is 0 Å². The molecule has 5 fully saturated rings. The highest BCUT2D eigenvalue weighted by Crippen LogP contribution is 2.36. The summed E-state index contributed by atoms with van der Waals surface area (Å²) in [5, 5.41) is 171. The highest BCUT2D eigenvalue weighted by molar-refractivity contribution is 5.73. The van der Waals surface area contributed by atoms with E-state index in [1.54, 1.807) is 6.08 Å². The van der Waals surface area contributed by atoms with Gasteiger partial charge in [0.1, 0.15) is 122 Å². The van der Waals surface area contributed by atoms with E-state index < -0.39 is 217 Å². The van der Waals surface area contributed by atoms with Crippen molar-refractivity contribution in [2.45, 2.75) is 263 Å². The second-order valence-corrected chi connectivity index (χ2v) is 21.9. The number of carbonyl (C=O) groups excluding carboxylic acids is 3. The van der Waals surface area contributed by atoms with Crippen LogP contribution in [-0.4, -0.2) is 300 Å². The normalized spacial score (nSPS) is 40.0. The van der Waals surface area contributed by atoms with Gasteiger partial charge in [0.2, 0.25) is 18.2 Å². The third-order valence-corrected chi connectivity index (χ3v) is 15.5. The molecule has 5 saturated heterocycles. The lowest BCUT2D eigenvalue weighted by Crippen LogP contribution is -2.71. The molecule has 0 saturated carbocycles. The molecule has 18 N–H and O–H groups in total. The monoisotopic (exact) mass is 1220 g/mol. The second kappa shape index (κ2) is 36.0. The number of aliphatic hydroxyl groups is 15. The number of allylic oxidation sites excluding steroid dienone is 1.